The first-order chi connectivity index (χ1) is 12.7. The van der Waals surface area contributed by atoms with Gasteiger partial charge >= 0.3 is 5.76 Å². The molecular weight excluding hydrogens is 394 g/mol. The molecule has 8 nitrogen and oxygen atoms in total. The number of H-pyrrole nitrogens is 1. The summed E-state index contributed by atoms with van der Waals surface area (Å²) in [6.07, 6.45) is -0.0633. The molecule has 0 aliphatic carbocycles. The van der Waals surface area contributed by atoms with Crippen LogP contribution in [0.4, 0.5) is 5.69 Å². The van der Waals surface area contributed by atoms with E-state index in [2.05, 4.69) is 15.0 Å². The lowest BCUT2D eigenvalue weighted by atomic mass is 10.2. The number of halogens is 1. The van der Waals surface area contributed by atoms with E-state index in [1.807, 2.05) is 6.92 Å². The van der Waals surface area contributed by atoms with Crippen molar-refractivity contribution in [2.24, 2.45) is 0 Å². The molecule has 0 bridgehead atoms. The van der Waals surface area contributed by atoms with Crippen LogP contribution in [-0.2, 0) is 14.8 Å². The van der Waals surface area contributed by atoms with Gasteiger partial charge in [0, 0.05) is 29.7 Å². The summed E-state index contributed by atoms with van der Waals surface area (Å²) in [5.74, 6) is -1.02. The highest BCUT2D eigenvalue weighted by Gasteiger charge is 2.16. The second-order valence-corrected chi connectivity index (χ2v) is 8.01. The normalized spacial score (nSPS) is 11.6. The standard InChI is InChI=1S/C17H16ClN3O5S/c1-10-2-3-11(8-13(10)18)20-16(22)6-7-19-27(24,25)12-4-5-14-15(9-12)26-17(23)21-14/h2-5,8-9,19H,6-7H2,1H3,(H,20,22)(H,21,23). The maximum absolute atomic E-state index is 12.3. The number of carbonyl (C=O) groups excluding carboxylic acids is 1. The van der Waals surface area contributed by atoms with Crippen LogP contribution < -0.4 is 15.8 Å². The molecule has 0 aliphatic heterocycles. The van der Waals surface area contributed by atoms with Crippen LogP contribution in [0.1, 0.15) is 12.0 Å². The van der Waals surface area contributed by atoms with Crippen molar-refractivity contribution >= 4 is 44.3 Å². The van der Waals surface area contributed by atoms with Crippen molar-refractivity contribution in [1.82, 2.24) is 9.71 Å². The number of carbonyl (C=O) groups is 1. The highest BCUT2D eigenvalue weighted by molar-refractivity contribution is 7.89. The van der Waals surface area contributed by atoms with Gasteiger partial charge in [0.1, 0.15) is 0 Å². The number of anilines is 1. The number of oxazole rings is 1. The van der Waals surface area contributed by atoms with E-state index >= 15 is 0 Å². The summed E-state index contributed by atoms with van der Waals surface area (Å²) < 4.78 is 31.8. The zero-order valence-corrected chi connectivity index (χ0v) is 15.8. The van der Waals surface area contributed by atoms with Crippen molar-refractivity contribution in [2.45, 2.75) is 18.2 Å². The van der Waals surface area contributed by atoms with Crippen LogP contribution in [0.2, 0.25) is 5.02 Å². The highest BCUT2D eigenvalue weighted by Crippen LogP contribution is 2.20. The molecule has 0 aliphatic rings. The van der Waals surface area contributed by atoms with E-state index in [1.165, 1.54) is 18.2 Å². The van der Waals surface area contributed by atoms with Crippen molar-refractivity contribution in [2.75, 3.05) is 11.9 Å². The number of fused-ring (bicyclic) bond motifs is 1. The summed E-state index contributed by atoms with van der Waals surface area (Å²) in [5.41, 5.74) is 1.95. The predicted octanol–water partition coefficient (Wildman–Crippen LogP) is 2.39. The number of aromatic nitrogens is 1. The molecular formula is C17H16ClN3O5S. The molecule has 3 rings (SSSR count). The van der Waals surface area contributed by atoms with Crippen LogP contribution in [0.5, 0.6) is 0 Å². The number of nitrogens with one attached hydrogen (secondary N) is 3. The number of amides is 1. The minimum absolute atomic E-state index is 0.0633. The molecule has 3 aromatic rings. The van der Waals surface area contributed by atoms with E-state index in [9.17, 15) is 18.0 Å². The largest absolute Gasteiger partial charge is 0.417 e. The molecule has 0 atom stereocenters. The third-order valence-electron chi connectivity index (χ3n) is 3.80. The lowest BCUT2D eigenvalue weighted by Crippen LogP contribution is -2.27. The van der Waals surface area contributed by atoms with Crippen LogP contribution in [0, 0.1) is 6.92 Å². The van der Waals surface area contributed by atoms with Gasteiger partial charge in [-0.1, -0.05) is 17.7 Å². The molecule has 0 saturated heterocycles. The first-order valence-electron chi connectivity index (χ1n) is 7.93. The summed E-state index contributed by atoms with van der Waals surface area (Å²) in [6.45, 7) is 1.75. The van der Waals surface area contributed by atoms with Crippen LogP contribution in [0.25, 0.3) is 11.1 Å². The Labute approximate surface area is 159 Å². The van der Waals surface area contributed by atoms with E-state index in [0.29, 0.717) is 16.2 Å². The highest BCUT2D eigenvalue weighted by atomic mass is 35.5. The van der Waals surface area contributed by atoms with E-state index in [4.69, 9.17) is 16.0 Å². The number of aryl methyl sites for hydroxylation is 1. The Morgan fingerprint density at radius 2 is 2.00 bits per heavy atom. The summed E-state index contributed by atoms with van der Waals surface area (Å²) in [6, 6.07) is 9.12. The maximum atomic E-state index is 12.3. The van der Waals surface area contributed by atoms with Crippen molar-refractivity contribution in [3.05, 3.63) is 57.5 Å². The van der Waals surface area contributed by atoms with Gasteiger partial charge in [-0.05, 0) is 36.8 Å². The first kappa shape index (κ1) is 19.2. The summed E-state index contributed by atoms with van der Waals surface area (Å²) in [5, 5.41) is 3.18. The number of hydrogen-bond donors (Lipinski definition) is 3. The molecule has 0 fully saturated rings. The van der Waals surface area contributed by atoms with Gasteiger partial charge < -0.3 is 9.73 Å². The van der Waals surface area contributed by atoms with E-state index < -0.39 is 15.8 Å². The monoisotopic (exact) mass is 409 g/mol. The maximum Gasteiger partial charge on any atom is 0.417 e. The molecule has 27 heavy (non-hydrogen) atoms. The van der Waals surface area contributed by atoms with Gasteiger partial charge in [0.25, 0.3) is 0 Å². The SMILES string of the molecule is Cc1ccc(NC(=O)CCNS(=O)(=O)c2ccc3[nH]c(=O)oc3c2)cc1Cl. The Morgan fingerprint density at radius 3 is 2.74 bits per heavy atom. The third-order valence-corrected chi connectivity index (χ3v) is 5.67. The molecule has 2 aromatic carbocycles. The second kappa shape index (κ2) is 7.55. The molecule has 142 valence electrons. The summed E-state index contributed by atoms with van der Waals surface area (Å²) >= 11 is 6.00. The molecule has 1 amide bonds. The fourth-order valence-corrected chi connectivity index (χ4v) is 3.60. The Balaban J connectivity index is 1.60. The van der Waals surface area contributed by atoms with Crippen LogP contribution in [0.3, 0.4) is 0 Å². The molecule has 0 radical (unpaired) electrons. The number of rotatable bonds is 6. The van der Waals surface area contributed by atoms with Crippen LogP contribution in [0.15, 0.2) is 50.5 Å². The number of aromatic amines is 1. The second-order valence-electron chi connectivity index (χ2n) is 5.83. The molecule has 3 N–H and O–H groups in total. The topological polar surface area (TPSA) is 121 Å². The molecule has 1 heterocycles. The van der Waals surface area contributed by atoms with Crippen molar-refractivity contribution < 1.29 is 17.6 Å². The first-order valence-corrected chi connectivity index (χ1v) is 9.79. The predicted molar refractivity (Wildman–Crippen MR) is 101 cm³/mol. The van der Waals surface area contributed by atoms with Gasteiger partial charge in [-0.2, -0.15) is 0 Å². The van der Waals surface area contributed by atoms with E-state index in [0.717, 1.165) is 5.56 Å². The number of hydrogen-bond acceptors (Lipinski definition) is 5. The van der Waals surface area contributed by atoms with Crippen LogP contribution in [-0.4, -0.2) is 25.9 Å². The van der Waals surface area contributed by atoms with Crippen molar-refractivity contribution in [3.8, 4) is 0 Å². The van der Waals surface area contributed by atoms with Crippen LogP contribution >= 0.6 is 11.6 Å². The molecule has 1 aromatic heterocycles. The van der Waals surface area contributed by atoms with E-state index in [-0.39, 0.29) is 29.4 Å². The van der Waals surface area contributed by atoms with Gasteiger partial charge in [0.2, 0.25) is 15.9 Å². The van der Waals surface area contributed by atoms with Gasteiger partial charge in [-0.15, -0.1) is 0 Å². The average molecular weight is 410 g/mol. The average Bonchev–Trinajstić information content (AvgIpc) is 2.97. The zero-order valence-electron chi connectivity index (χ0n) is 14.2. The van der Waals surface area contributed by atoms with Gasteiger partial charge in [-0.25, -0.2) is 17.9 Å². The Bertz CT molecular complexity index is 1170. The van der Waals surface area contributed by atoms with E-state index in [1.54, 1.807) is 18.2 Å². The zero-order chi connectivity index (χ0) is 19.6. The summed E-state index contributed by atoms with van der Waals surface area (Å²) in [7, 11) is -3.85. The quantitative estimate of drug-likeness (QED) is 0.577. The lowest BCUT2D eigenvalue weighted by Gasteiger charge is -2.08. The fourth-order valence-electron chi connectivity index (χ4n) is 2.37. The van der Waals surface area contributed by atoms with Gasteiger partial charge in [-0.3, -0.25) is 9.78 Å². The molecule has 0 saturated carbocycles. The Morgan fingerprint density at radius 1 is 1.22 bits per heavy atom. The number of sulfonamides is 1. The van der Waals surface area contributed by atoms with Gasteiger partial charge in [0.15, 0.2) is 5.58 Å². The lowest BCUT2D eigenvalue weighted by molar-refractivity contribution is -0.116. The third kappa shape index (κ3) is 4.57. The van der Waals surface area contributed by atoms with Crippen molar-refractivity contribution in [1.29, 1.82) is 0 Å². The van der Waals surface area contributed by atoms with Crippen molar-refractivity contribution in [3.63, 3.8) is 0 Å². The smallest absolute Gasteiger partial charge is 0.408 e. The minimum Gasteiger partial charge on any atom is -0.408 e. The fraction of sp³-hybridized carbons (Fsp3) is 0.176. The number of benzene rings is 2. The van der Waals surface area contributed by atoms with Gasteiger partial charge in [0.05, 0.1) is 10.4 Å². The Kier molecular flexibility index (Phi) is 5.36. The minimum atomic E-state index is -3.85. The summed E-state index contributed by atoms with van der Waals surface area (Å²) in [4.78, 5) is 25.5. The molecule has 0 spiro atoms. The molecule has 0 unspecified atom stereocenters. The Hall–Kier alpha value is -2.62. The molecule has 10 heteroatoms.